The molecule has 0 spiro atoms. The fourth-order valence-electron chi connectivity index (χ4n) is 5.64. The molecule has 0 amide bonds. The highest BCUT2D eigenvalue weighted by molar-refractivity contribution is 5.42. The van der Waals surface area contributed by atoms with E-state index in [2.05, 4.69) is 54.7 Å². The van der Waals surface area contributed by atoms with Crippen molar-refractivity contribution in [3.8, 4) is 5.75 Å². The van der Waals surface area contributed by atoms with Gasteiger partial charge < -0.3 is 19.5 Å². The zero-order valence-electron chi connectivity index (χ0n) is 18.8. The summed E-state index contributed by atoms with van der Waals surface area (Å²) in [5.74, 6) is 2.22. The van der Waals surface area contributed by atoms with E-state index in [0.29, 0.717) is 24.6 Å². The fraction of sp³-hybridized carbons (Fsp3) is 0.556. The number of nitrogens with one attached hydrogen (secondary N) is 1. The molecule has 1 saturated carbocycles. The van der Waals surface area contributed by atoms with Crippen molar-refractivity contribution in [2.75, 3.05) is 6.61 Å². The topological polar surface area (TPSA) is 39.7 Å². The summed E-state index contributed by atoms with van der Waals surface area (Å²) in [7, 11) is 0. The van der Waals surface area contributed by atoms with Crippen molar-refractivity contribution in [3.05, 3.63) is 65.3 Å². The Morgan fingerprint density at radius 2 is 2.00 bits per heavy atom. The molecule has 1 aromatic carbocycles. The van der Waals surface area contributed by atoms with Gasteiger partial charge in [0.1, 0.15) is 12.4 Å². The molecule has 1 aromatic rings. The van der Waals surface area contributed by atoms with Gasteiger partial charge in [0.2, 0.25) is 0 Å². The van der Waals surface area contributed by atoms with E-state index in [-0.39, 0.29) is 12.6 Å². The van der Waals surface area contributed by atoms with Crippen molar-refractivity contribution in [3.63, 3.8) is 0 Å². The Kier molecular flexibility index (Phi) is 6.31. The standard InChI is InChI=1S/C27H35NO3/c1-18(25-12-6-8-20-7-3-4-11-26(20)25)28-23-14-13-22(15-23)21-9-5-10-24(16-21)29-17-27-30-19(2)31-27/h4-6,9-12,16,18-20,22-23,27-28H,3,7-8,13-15,17H2,1-2H3/t18-,19?,20?,22-,23+,27?/m1/s1. The summed E-state index contributed by atoms with van der Waals surface area (Å²) in [6.07, 6.45) is 16.5. The summed E-state index contributed by atoms with van der Waals surface area (Å²) in [5.41, 5.74) is 4.45. The van der Waals surface area contributed by atoms with Crippen LogP contribution in [0.2, 0.25) is 0 Å². The third-order valence-corrected chi connectivity index (χ3v) is 7.26. The van der Waals surface area contributed by atoms with Gasteiger partial charge in [0.05, 0.1) is 0 Å². The van der Waals surface area contributed by atoms with E-state index in [9.17, 15) is 0 Å². The van der Waals surface area contributed by atoms with E-state index in [1.807, 2.05) is 13.0 Å². The maximum absolute atomic E-state index is 5.89. The minimum absolute atomic E-state index is 0.106. The molecule has 4 atom stereocenters. The molecular weight excluding hydrogens is 386 g/mol. The number of benzene rings is 1. The molecule has 5 rings (SSSR count). The quantitative estimate of drug-likeness (QED) is 0.620. The van der Waals surface area contributed by atoms with Crippen molar-refractivity contribution in [2.45, 2.75) is 83.0 Å². The predicted octanol–water partition coefficient (Wildman–Crippen LogP) is 5.62. The maximum Gasteiger partial charge on any atom is 0.197 e. The first-order valence-corrected chi connectivity index (χ1v) is 12.0. The van der Waals surface area contributed by atoms with Crippen molar-refractivity contribution < 1.29 is 14.2 Å². The predicted molar refractivity (Wildman–Crippen MR) is 123 cm³/mol. The van der Waals surface area contributed by atoms with Crippen LogP contribution in [0.4, 0.5) is 0 Å². The van der Waals surface area contributed by atoms with Crippen LogP contribution in [-0.2, 0) is 9.47 Å². The lowest BCUT2D eigenvalue weighted by atomic mass is 9.79. The van der Waals surface area contributed by atoms with Crippen LogP contribution in [0.5, 0.6) is 5.75 Å². The highest BCUT2D eigenvalue weighted by atomic mass is 16.9. The van der Waals surface area contributed by atoms with Crippen LogP contribution in [0, 0.1) is 5.92 Å². The number of rotatable bonds is 7. The third-order valence-electron chi connectivity index (χ3n) is 7.26. The highest BCUT2D eigenvalue weighted by Crippen LogP contribution is 2.38. The number of hydrogen-bond donors (Lipinski definition) is 1. The Bertz CT molecular complexity index is 867. The molecule has 0 bridgehead atoms. The summed E-state index contributed by atoms with van der Waals surface area (Å²) in [5, 5.41) is 3.95. The van der Waals surface area contributed by atoms with Crippen LogP contribution in [0.15, 0.2) is 59.7 Å². The second kappa shape index (κ2) is 9.32. The van der Waals surface area contributed by atoms with Crippen LogP contribution < -0.4 is 10.1 Å². The Labute approximate surface area is 186 Å². The van der Waals surface area contributed by atoms with Gasteiger partial charge in [-0.3, -0.25) is 0 Å². The van der Waals surface area contributed by atoms with Crippen LogP contribution in [0.25, 0.3) is 0 Å². The van der Waals surface area contributed by atoms with Crippen molar-refractivity contribution >= 4 is 0 Å². The van der Waals surface area contributed by atoms with E-state index in [1.165, 1.54) is 49.7 Å². The van der Waals surface area contributed by atoms with Gasteiger partial charge in [-0.1, -0.05) is 36.4 Å². The SMILES string of the molecule is CC1OC(COc2cccc([C@@H]3CC[C@H](N[C@H](C)C4=C5C=CCCC5CC=C4)C3)c2)O1. The number of hydrogen-bond acceptors (Lipinski definition) is 4. The normalized spacial score (nSPS) is 33.2. The molecule has 31 heavy (non-hydrogen) atoms. The summed E-state index contributed by atoms with van der Waals surface area (Å²) in [6.45, 7) is 4.68. The van der Waals surface area contributed by atoms with Gasteiger partial charge in [0.25, 0.3) is 0 Å². The molecule has 4 heteroatoms. The monoisotopic (exact) mass is 421 g/mol. The van der Waals surface area contributed by atoms with Gasteiger partial charge in [-0.2, -0.15) is 0 Å². The largest absolute Gasteiger partial charge is 0.488 e. The second-order valence-corrected chi connectivity index (χ2v) is 9.47. The Morgan fingerprint density at radius 3 is 2.87 bits per heavy atom. The smallest absolute Gasteiger partial charge is 0.197 e. The van der Waals surface area contributed by atoms with E-state index >= 15 is 0 Å². The molecule has 166 valence electrons. The highest BCUT2D eigenvalue weighted by Gasteiger charge is 2.30. The Morgan fingerprint density at radius 1 is 1.10 bits per heavy atom. The summed E-state index contributed by atoms with van der Waals surface area (Å²) in [4.78, 5) is 0. The number of fused-ring (bicyclic) bond motifs is 1. The lowest BCUT2D eigenvalue weighted by molar-refractivity contribution is -0.380. The van der Waals surface area contributed by atoms with Crippen molar-refractivity contribution in [1.82, 2.24) is 5.32 Å². The molecule has 2 fully saturated rings. The van der Waals surface area contributed by atoms with E-state index < -0.39 is 0 Å². The molecule has 1 aliphatic heterocycles. The first kappa shape index (κ1) is 21.0. The average Bonchev–Trinajstić information content (AvgIpc) is 3.24. The molecule has 3 aliphatic carbocycles. The maximum atomic E-state index is 5.89. The first-order chi connectivity index (χ1) is 15.2. The van der Waals surface area contributed by atoms with Crippen LogP contribution >= 0.6 is 0 Å². The fourth-order valence-corrected chi connectivity index (χ4v) is 5.64. The van der Waals surface area contributed by atoms with Gasteiger partial charge in [-0.05, 0) is 93.1 Å². The lowest BCUT2D eigenvalue weighted by Crippen LogP contribution is -2.42. The van der Waals surface area contributed by atoms with Gasteiger partial charge in [-0.15, -0.1) is 0 Å². The first-order valence-electron chi connectivity index (χ1n) is 12.0. The lowest BCUT2D eigenvalue weighted by Gasteiger charge is -2.33. The zero-order valence-corrected chi connectivity index (χ0v) is 18.8. The van der Waals surface area contributed by atoms with Gasteiger partial charge in [-0.25, -0.2) is 0 Å². The van der Waals surface area contributed by atoms with Crippen molar-refractivity contribution in [2.24, 2.45) is 5.92 Å². The van der Waals surface area contributed by atoms with E-state index in [0.717, 1.165) is 11.7 Å². The molecule has 0 aromatic heterocycles. The Balaban J connectivity index is 1.17. The molecule has 0 radical (unpaired) electrons. The second-order valence-electron chi connectivity index (χ2n) is 9.47. The van der Waals surface area contributed by atoms with Gasteiger partial charge >= 0.3 is 0 Å². The molecule has 4 aliphatic rings. The van der Waals surface area contributed by atoms with E-state index in [1.54, 1.807) is 5.57 Å². The molecule has 1 N–H and O–H groups in total. The minimum atomic E-state index is -0.233. The molecule has 4 nitrogen and oxygen atoms in total. The third kappa shape index (κ3) is 4.82. The van der Waals surface area contributed by atoms with E-state index in [4.69, 9.17) is 14.2 Å². The van der Waals surface area contributed by atoms with Crippen molar-refractivity contribution in [1.29, 1.82) is 0 Å². The van der Waals surface area contributed by atoms with Crippen LogP contribution in [0.1, 0.15) is 63.9 Å². The Hall–Kier alpha value is -1.88. The van der Waals surface area contributed by atoms with Crippen LogP contribution in [0.3, 0.4) is 0 Å². The van der Waals surface area contributed by atoms with Gasteiger partial charge in [0.15, 0.2) is 12.6 Å². The zero-order chi connectivity index (χ0) is 21.2. The molecular formula is C27H35NO3. The molecule has 1 saturated heterocycles. The van der Waals surface area contributed by atoms with Gasteiger partial charge in [0, 0.05) is 12.1 Å². The number of ether oxygens (including phenoxy) is 3. The van der Waals surface area contributed by atoms with Crippen LogP contribution in [-0.4, -0.2) is 31.3 Å². The molecule has 1 unspecified atom stereocenters. The molecule has 1 heterocycles. The summed E-state index contributed by atoms with van der Waals surface area (Å²) in [6, 6.07) is 9.54. The number of allylic oxidation sites excluding steroid dienone is 4. The minimum Gasteiger partial charge on any atom is -0.488 e. The summed E-state index contributed by atoms with van der Waals surface area (Å²) < 4.78 is 16.8. The average molecular weight is 422 g/mol. The summed E-state index contributed by atoms with van der Waals surface area (Å²) >= 11 is 0.